The van der Waals surface area contributed by atoms with Crippen molar-refractivity contribution in [3.63, 3.8) is 0 Å². The first-order chi connectivity index (χ1) is 12.7. The minimum absolute atomic E-state index is 0.163. The summed E-state index contributed by atoms with van der Waals surface area (Å²) in [6, 6.07) is 9.39. The number of benzene rings is 1. The van der Waals surface area contributed by atoms with Crippen LogP contribution < -0.4 is 10.9 Å². The molecule has 0 bridgehead atoms. The molecule has 5 aromatic rings. The fourth-order valence-corrected chi connectivity index (χ4v) is 3.63. The highest BCUT2D eigenvalue weighted by Gasteiger charge is 2.13. The molecule has 0 radical (unpaired) electrons. The maximum atomic E-state index is 11.9. The second kappa shape index (κ2) is 5.53. The molecule has 0 saturated carbocycles. The Hall–Kier alpha value is -3.46. The van der Waals surface area contributed by atoms with E-state index in [1.807, 2.05) is 36.6 Å². The van der Waals surface area contributed by atoms with E-state index in [4.69, 9.17) is 0 Å². The van der Waals surface area contributed by atoms with Gasteiger partial charge < -0.3 is 5.32 Å². The molecule has 4 N–H and O–H groups in total. The van der Waals surface area contributed by atoms with E-state index in [9.17, 15) is 4.79 Å². The van der Waals surface area contributed by atoms with Gasteiger partial charge in [-0.3, -0.25) is 20.1 Å². The van der Waals surface area contributed by atoms with Crippen molar-refractivity contribution >= 4 is 44.1 Å². The largest absolute Gasteiger partial charge is 0.322 e. The van der Waals surface area contributed by atoms with Crippen molar-refractivity contribution < 1.29 is 0 Å². The Balaban J connectivity index is 1.67. The molecule has 8 nitrogen and oxygen atoms in total. The quantitative estimate of drug-likeness (QED) is 0.392. The highest BCUT2D eigenvalue weighted by Crippen LogP contribution is 2.31. The van der Waals surface area contributed by atoms with Gasteiger partial charge in [-0.05, 0) is 36.6 Å². The van der Waals surface area contributed by atoms with Crippen LogP contribution >= 0.6 is 11.3 Å². The molecule has 0 amide bonds. The van der Waals surface area contributed by atoms with Crippen molar-refractivity contribution in [2.24, 2.45) is 0 Å². The zero-order valence-corrected chi connectivity index (χ0v) is 14.4. The summed E-state index contributed by atoms with van der Waals surface area (Å²) in [4.78, 5) is 21.2. The van der Waals surface area contributed by atoms with Crippen molar-refractivity contribution in [2.45, 2.75) is 6.92 Å². The number of aromatic nitrogens is 6. The summed E-state index contributed by atoms with van der Waals surface area (Å²) in [5, 5.41) is 18.3. The van der Waals surface area contributed by atoms with E-state index >= 15 is 0 Å². The van der Waals surface area contributed by atoms with Crippen LogP contribution in [0.4, 0.5) is 11.6 Å². The van der Waals surface area contributed by atoms with Gasteiger partial charge in [0, 0.05) is 17.3 Å². The van der Waals surface area contributed by atoms with Crippen LogP contribution in [0.1, 0.15) is 5.69 Å². The van der Waals surface area contributed by atoms with Crippen molar-refractivity contribution in [3.05, 3.63) is 51.8 Å². The maximum absolute atomic E-state index is 11.9. The second-order valence-corrected chi connectivity index (χ2v) is 6.85. The summed E-state index contributed by atoms with van der Waals surface area (Å²) < 4.78 is 0.954. The number of nitrogens with one attached hydrogen (secondary N) is 4. The molecule has 5 rings (SSSR count). The van der Waals surface area contributed by atoms with Gasteiger partial charge in [-0.15, -0.1) is 11.3 Å². The van der Waals surface area contributed by atoms with Gasteiger partial charge in [-0.1, -0.05) is 0 Å². The lowest BCUT2D eigenvalue weighted by atomic mass is 10.1. The molecule has 0 saturated heterocycles. The van der Waals surface area contributed by atoms with Gasteiger partial charge in [-0.2, -0.15) is 5.10 Å². The number of hydrogen-bond acceptors (Lipinski definition) is 6. The average Bonchev–Trinajstić information content (AvgIpc) is 3.35. The van der Waals surface area contributed by atoms with Crippen LogP contribution in [-0.2, 0) is 0 Å². The Kier molecular flexibility index (Phi) is 3.16. The minimum atomic E-state index is -0.163. The zero-order valence-electron chi connectivity index (χ0n) is 13.6. The maximum Gasteiger partial charge on any atom is 0.271 e. The first-order valence-electron chi connectivity index (χ1n) is 7.92. The first-order valence-corrected chi connectivity index (χ1v) is 8.80. The number of rotatable bonds is 3. The second-order valence-electron chi connectivity index (χ2n) is 5.93. The lowest BCUT2D eigenvalue weighted by molar-refractivity contribution is 1.05. The number of nitrogens with zero attached hydrogens (tertiary/aromatic N) is 3. The standard InChI is InChI=1S/C17H13N7OS/c1-8-6-13(23-21-8)19-16-14-12(4-5-26-14)18-15(20-16)9-2-3-11-10(7-9)17(25)24-22-11/h2-7H,1H3,(H2,22,24,25)(H2,18,19,20,21,23). The van der Waals surface area contributed by atoms with Crippen LogP contribution in [0, 0.1) is 6.92 Å². The number of H-pyrrole nitrogens is 3. The minimum Gasteiger partial charge on any atom is -0.322 e. The Morgan fingerprint density at radius 2 is 2.04 bits per heavy atom. The van der Waals surface area contributed by atoms with E-state index in [0.29, 0.717) is 22.8 Å². The number of thiophene rings is 1. The molecule has 0 aliphatic carbocycles. The molecule has 0 atom stereocenters. The van der Waals surface area contributed by atoms with Gasteiger partial charge in [0.2, 0.25) is 0 Å². The van der Waals surface area contributed by atoms with Crippen LogP contribution in [0.15, 0.2) is 40.5 Å². The van der Waals surface area contributed by atoms with Crippen LogP contribution in [0.5, 0.6) is 0 Å². The molecule has 26 heavy (non-hydrogen) atoms. The van der Waals surface area contributed by atoms with Crippen molar-refractivity contribution in [3.8, 4) is 11.4 Å². The lowest BCUT2D eigenvalue weighted by Crippen LogP contribution is -1.99. The number of anilines is 2. The predicted molar refractivity (Wildman–Crippen MR) is 102 cm³/mol. The smallest absolute Gasteiger partial charge is 0.271 e. The van der Waals surface area contributed by atoms with Gasteiger partial charge in [0.15, 0.2) is 17.5 Å². The van der Waals surface area contributed by atoms with E-state index in [1.165, 1.54) is 0 Å². The van der Waals surface area contributed by atoms with E-state index < -0.39 is 0 Å². The van der Waals surface area contributed by atoms with Gasteiger partial charge in [0.05, 0.1) is 21.1 Å². The third-order valence-corrected chi connectivity index (χ3v) is 5.00. The average molecular weight is 363 g/mol. The summed E-state index contributed by atoms with van der Waals surface area (Å²) in [7, 11) is 0. The highest BCUT2D eigenvalue weighted by atomic mass is 32.1. The third kappa shape index (κ3) is 2.37. The number of hydrogen-bond donors (Lipinski definition) is 4. The molecular weight excluding hydrogens is 350 g/mol. The summed E-state index contributed by atoms with van der Waals surface area (Å²) in [6.07, 6.45) is 0. The van der Waals surface area contributed by atoms with Gasteiger partial charge in [0.1, 0.15) is 0 Å². The Morgan fingerprint density at radius 1 is 1.12 bits per heavy atom. The molecule has 0 fully saturated rings. The van der Waals surface area contributed by atoms with Crippen LogP contribution in [0.2, 0.25) is 0 Å². The first kappa shape index (κ1) is 14.8. The number of aryl methyl sites for hydroxylation is 1. The zero-order chi connectivity index (χ0) is 17.7. The molecule has 0 unspecified atom stereocenters. The van der Waals surface area contributed by atoms with Crippen LogP contribution in [0.25, 0.3) is 32.5 Å². The Morgan fingerprint density at radius 3 is 2.88 bits per heavy atom. The highest BCUT2D eigenvalue weighted by molar-refractivity contribution is 7.17. The summed E-state index contributed by atoms with van der Waals surface area (Å²) >= 11 is 1.56. The molecule has 128 valence electrons. The van der Waals surface area contributed by atoms with Gasteiger partial charge in [0.25, 0.3) is 5.56 Å². The van der Waals surface area contributed by atoms with Crippen molar-refractivity contribution in [1.29, 1.82) is 0 Å². The monoisotopic (exact) mass is 363 g/mol. The molecule has 0 aliphatic rings. The molecule has 1 aromatic carbocycles. The van der Waals surface area contributed by atoms with Gasteiger partial charge >= 0.3 is 0 Å². The fourth-order valence-electron chi connectivity index (χ4n) is 2.85. The SMILES string of the molecule is Cc1cc(Nc2nc(-c3ccc4[nH][nH]c(=O)c4c3)nc3ccsc23)n[nH]1. The molecule has 4 heterocycles. The molecular formula is C17H13N7OS. The molecule has 9 heteroatoms. The third-order valence-electron chi connectivity index (χ3n) is 4.09. The lowest BCUT2D eigenvalue weighted by Gasteiger charge is -2.07. The summed E-state index contributed by atoms with van der Waals surface area (Å²) in [5.41, 5.74) is 3.17. The van der Waals surface area contributed by atoms with Crippen molar-refractivity contribution in [2.75, 3.05) is 5.32 Å². The predicted octanol–water partition coefficient (Wildman–Crippen LogP) is 3.30. The van der Waals surface area contributed by atoms with E-state index in [2.05, 4.69) is 35.7 Å². The van der Waals surface area contributed by atoms with Crippen LogP contribution in [-0.4, -0.2) is 30.4 Å². The normalized spacial score (nSPS) is 11.4. The molecule has 0 aliphatic heterocycles. The van der Waals surface area contributed by atoms with Gasteiger partial charge in [-0.25, -0.2) is 9.97 Å². The molecule has 4 aromatic heterocycles. The van der Waals surface area contributed by atoms with E-state index in [1.54, 1.807) is 17.4 Å². The van der Waals surface area contributed by atoms with E-state index in [0.717, 1.165) is 27.0 Å². The summed E-state index contributed by atoms with van der Waals surface area (Å²) in [5.74, 6) is 1.93. The summed E-state index contributed by atoms with van der Waals surface area (Å²) in [6.45, 7) is 1.94. The molecule has 0 spiro atoms. The Labute approximate surface area is 150 Å². The van der Waals surface area contributed by atoms with Crippen molar-refractivity contribution in [1.82, 2.24) is 30.4 Å². The topological polar surface area (TPSA) is 115 Å². The number of aromatic amines is 3. The Bertz CT molecular complexity index is 1310. The fraction of sp³-hybridized carbons (Fsp3) is 0.0588. The van der Waals surface area contributed by atoms with E-state index in [-0.39, 0.29) is 5.56 Å². The van der Waals surface area contributed by atoms with Crippen LogP contribution in [0.3, 0.4) is 0 Å². The number of fused-ring (bicyclic) bond motifs is 2.